The maximum Gasteiger partial charge on any atom is 0.0701 e. The molecule has 1 fully saturated rings. The molecular formula is C13H19N3. The van der Waals surface area contributed by atoms with Gasteiger partial charge >= 0.3 is 0 Å². The number of aromatic nitrogens is 1. The van der Waals surface area contributed by atoms with Gasteiger partial charge in [-0.15, -0.1) is 0 Å². The van der Waals surface area contributed by atoms with Crippen LogP contribution in [0.5, 0.6) is 0 Å². The number of nitrogens with zero attached hydrogens (tertiary/aromatic N) is 1. The summed E-state index contributed by atoms with van der Waals surface area (Å²) in [5.41, 5.74) is 10.3. The van der Waals surface area contributed by atoms with Crippen LogP contribution in [0.3, 0.4) is 0 Å². The van der Waals surface area contributed by atoms with Gasteiger partial charge in [0.25, 0.3) is 0 Å². The van der Waals surface area contributed by atoms with Crippen molar-refractivity contribution in [3.8, 4) is 0 Å². The number of nitrogens with two attached hydrogens (primary N) is 2. The van der Waals surface area contributed by atoms with Gasteiger partial charge in [0.15, 0.2) is 0 Å². The second-order valence-corrected chi connectivity index (χ2v) is 3.49. The van der Waals surface area contributed by atoms with Crippen LogP contribution in [0.4, 0.5) is 0 Å². The van der Waals surface area contributed by atoms with E-state index < -0.39 is 0 Å². The Labute approximate surface area is 96.5 Å². The second-order valence-electron chi connectivity index (χ2n) is 3.49. The third kappa shape index (κ3) is 5.44. The van der Waals surface area contributed by atoms with Gasteiger partial charge in [0.1, 0.15) is 0 Å². The molecule has 1 heterocycles. The highest BCUT2D eigenvalue weighted by atomic mass is 14.7. The molecule has 3 heteroatoms. The Morgan fingerprint density at radius 3 is 2.06 bits per heavy atom. The van der Waals surface area contributed by atoms with E-state index in [-0.39, 0.29) is 6.67 Å². The first-order valence-corrected chi connectivity index (χ1v) is 5.58. The van der Waals surface area contributed by atoms with E-state index in [0.717, 1.165) is 5.52 Å². The number of pyridine rings is 1. The van der Waals surface area contributed by atoms with Crippen molar-refractivity contribution in [2.24, 2.45) is 11.5 Å². The summed E-state index contributed by atoms with van der Waals surface area (Å²) in [5, 5.41) is 1.20. The summed E-state index contributed by atoms with van der Waals surface area (Å²) < 4.78 is 0. The van der Waals surface area contributed by atoms with Gasteiger partial charge in [-0.25, -0.2) is 0 Å². The molecule has 0 aliphatic heterocycles. The molecule has 0 radical (unpaired) electrons. The minimum Gasteiger partial charge on any atom is -0.319 e. The van der Waals surface area contributed by atoms with Gasteiger partial charge in [0.2, 0.25) is 0 Å². The Balaban J connectivity index is 0.000000177. The molecule has 0 unspecified atom stereocenters. The summed E-state index contributed by atoms with van der Waals surface area (Å²) >= 11 is 0. The SMILES string of the molecule is C1CC1.NCN.c1ccc2ncccc2c1. The van der Waals surface area contributed by atoms with Crippen molar-refractivity contribution in [2.45, 2.75) is 19.3 Å². The molecule has 0 bridgehead atoms. The van der Waals surface area contributed by atoms with Crippen molar-refractivity contribution in [3.63, 3.8) is 0 Å². The lowest BCUT2D eigenvalue weighted by atomic mass is 10.2. The molecule has 1 saturated carbocycles. The molecule has 1 aliphatic rings. The minimum atomic E-state index is 0.250. The predicted octanol–water partition coefficient (Wildman–Crippen LogP) is 2.27. The average molecular weight is 217 g/mol. The van der Waals surface area contributed by atoms with E-state index >= 15 is 0 Å². The van der Waals surface area contributed by atoms with Crippen molar-refractivity contribution in [2.75, 3.05) is 6.67 Å². The minimum absolute atomic E-state index is 0.250. The molecule has 0 amide bonds. The monoisotopic (exact) mass is 217 g/mol. The third-order valence-electron chi connectivity index (χ3n) is 1.87. The number of hydrogen-bond acceptors (Lipinski definition) is 3. The van der Waals surface area contributed by atoms with E-state index in [4.69, 9.17) is 0 Å². The zero-order valence-corrected chi connectivity index (χ0v) is 9.47. The molecule has 0 atom stereocenters. The largest absolute Gasteiger partial charge is 0.319 e. The molecule has 16 heavy (non-hydrogen) atoms. The quantitative estimate of drug-likeness (QED) is 0.665. The predicted molar refractivity (Wildman–Crippen MR) is 68.8 cm³/mol. The van der Waals surface area contributed by atoms with Crippen LogP contribution >= 0.6 is 0 Å². The molecule has 86 valence electrons. The van der Waals surface area contributed by atoms with Crippen molar-refractivity contribution in [1.82, 2.24) is 4.98 Å². The molecule has 1 aliphatic carbocycles. The van der Waals surface area contributed by atoms with Gasteiger partial charge in [-0.05, 0) is 12.1 Å². The molecule has 1 aromatic heterocycles. The van der Waals surface area contributed by atoms with Crippen LogP contribution < -0.4 is 11.5 Å². The van der Waals surface area contributed by atoms with Crippen LogP contribution in [0.2, 0.25) is 0 Å². The van der Waals surface area contributed by atoms with Gasteiger partial charge in [-0.3, -0.25) is 4.98 Å². The van der Waals surface area contributed by atoms with Crippen molar-refractivity contribution in [1.29, 1.82) is 0 Å². The zero-order chi connectivity index (χ0) is 11.6. The molecule has 4 N–H and O–H groups in total. The Morgan fingerprint density at radius 2 is 1.50 bits per heavy atom. The molecule has 3 rings (SSSR count). The van der Waals surface area contributed by atoms with Gasteiger partial charge in [-0.2, -0.15) is 0 Å². The summed E-state index contributed by atoms with van der Waals surface area (Å²) in [6.45, 7) is 0.250. The van der Waals surface area contributed by atoms with Gasteiger partial charge in [0.05, 0.1) is 5.52 Å². The summed E-state index contributed by atoms with van der Waals surface area (Å²) in [4.78, 5) is 4.18. The fraction of sp³-hybridized carbons (Fsp3) is 0.308. The van der Waals surface area contributed by atoms with Crippen molar-refractivity contribution in [3.05, 3.63) is 42.6 Å². The van der Waals surface area contributed by atoms with E-state index in [1.54, 1.807) is 0 Å². The first kappa shape index (κ1) is 12.6. The lowest BCUT2D eigenvalue weighted by Crippen LogP contribution is -2.08. The molecule has 2 aromatic rings. The first-order valence-electron chi connectivity index (χ1n) is 5.58. The second kappa shape index (κ2) is 7.79. The van der Waals surface area contributed by atoms with Crippen LogP contribution in [0.25, 0.3) is 10.9 Å². The fourth-order valence-corrected chi connectivity index (χ4v) is 1.02. The number of hydrogen-bond donors (Lipinski definition) is 2. The molecule has 0 spiro atoms. The van der Waals surface area contributed by atoms with Crippen LogP contribution in [-0.2, 0) is 0 Å². The van der Waals surface area contributed by atoms with E-state index in [9.17, 15) is 0 Å². The summed E-state index contributed by atoms with van der Waals surface area (Å²) in [7, 11) is 0. The maximum absolute atomic E-state index is 4.62. The fourth-order valence-electron chi connectivity index (χ4n) is 1.02. The lowest BCUT2D eigenvalue weighted by molar-refractivity contribution is 1.07. The van der Waals surface area contributed by atoms with Crippen LogP contribution in [0.1, 0.15) is 19.3 Å². The third-order valence-corrected chi connectivity index (χ3v) is 1.87. The van der Waals surface area contributed by atoms with E-state index in [0.29, 0.717) is 0 Å². The first-order chi connectivity index (χ1) is 7.88. The summed E-state index contributed by atoms with van der Waals surface area (Å²) in [5.74, 6) is 0. The Kier molecular flexibility index (Phi) is 6.15. The van der Waals surface area contributed by atoms with Gasteiger partial charge < -0.3 is 11.5 Å². The van der Waals surface area contributed by atoms with Crippen molar-refractivity contribution >= 4 is 10.9 Å². The number of rotatable bonds is 0. The Hall–Kier alpha value is -1.45. The van der Waals surface area contributed by atoms with Crippen molar-refractivity contribution < 1.29 is 0 Å². The topological polar surface area (TPSA) is 64.9 Å². The van der Waals surface area contributed by atoms with Crippen LogP contribution in [-0.4, -0.2) is 11.7 Å². The van der Waals surface area contributed by atoms with E-state index in [1.807, 2.05) is 30.5 Å². The highest BCUT2D eigenvalue weighted by Crippen LogP contribution is 2.14. The van der Waals surface area contributed by atoms with Crippen LogP contribution in [0, 0.1) is 0 Å². The molecule has 3 nitrogen and oxygen atoms in total. The number of para-hydroxylation sites is 1. The maximum atomic E-state index is 4.62. The highest BCUT2D eigenvalue weighted by molar-refractivity contribution is 5.77. The standard InChI is InChI=1S/C9H7N.C3H6.CH6N2/c1-2-6-9-8(4-1)5-3-7-10-9;1-2-3-1;2-1-3/h1-7H;2*1-3H2. The molecular weight excluding hydrogens is 198 g/mol. The van der Waals surface area contributed by atoms with Gasteiger partial charge in [0, 0.05) is 18.3 Å². The molecule has 1 aromatic carbocycles. The van der Waals surface area contributed by atoms with E-state index in [1.165, 1.54) is 24.6 Å². The molecule has 0 saturated heterocycles. The highest BCUT2D eigenvalue weighted by Gasteiger charge is 1.95. The van der Waals surface area contributed by atoms with E-state index in [2.05, 4.69) is 28.6 Å². The summed E-state index contributed by atoms with van der Waals surface area (Å²) in [6.07, 6.45) is 6.31. The number of benzene rings is 1. The average Bonchev–Trinajstić information content (AvgIpc) is 3.18. The summed E-state index contributed by atoms with van der Waals surface area (Å²) in [6, 6.07) is 12.1. The Morgan fingerprint density at radius 1 is 0.938 bits per heavy atom. The normalized spacial score (nSPS) is 11.9. The lowest BCUT2D eigenvalue weighted by Gasteiger charge is -1.91. The number of fused-ring (bicyclic) bond motifs is 1. The van der Waals surface area contributed by atoms with Gasteiger partial charge in [-0.1, -0.05) is 43.5 Å². The van der Waals surface area contributed by atoms with Crippen LogP contribution in [0.15, 0.2) is 42.6 Å². The smallest absolute Gasteiger partial charge is 0.0701 e. The zero-order valence-electron chi connectivity index (χ0n) is 9.47. The Bertz CT molecular complexity index is 331.